The summed E-state index contributed by atoms with van der Waals surface area (Å²) in [7, 11) is 0. The summed E-state index contributed by atoms with van der Waals surface area (Å²) in [6.07, 6.45) is 1.53. The van der Waals surface area contributed by atoms with E-state index in [1.165, 1.54) is 6.07 Å². The fourth-order valence-electron chi connectivity index (χ4n) is 2.72. The molecule has 22 heavy (non-hydrogen) atoms. The number of hydrogen-bond donors (Lipinski definition) is 2. The molecule has 0 spiro atoms. The van der Waals surface area contributed by atoms with Crippen LogP contribution in [0.3, 0.4) is 0 Å². The Morgan fingerprint density at radius 2 is 2.00 bits per heavy atom. The number of aromatic amines is 1. The van der Waals surface area contributed by atoms with E-state index in [9.17, 15) is 14.3 Å². The molecule has 0 saturated heterocycles. The third kappa shape index (κ3) is 2.70. The van der Waals surface area contributed by atoms with Crippen molar-refractivity contribution in [1.29, 1.82) is 0 Å². The van der Waals surface area contributed by atoms with Crippen LogP contribution in [0.25, 0.3) is 10.9 Å². The second-order valence-electron chi connectivity index (χ2n) is 5.11. The highest BCUT2D eigenvalue weighted by Crippen LogP contribution is 2.35. The zero-order valence-electron chi connectivity index (χ0n) is 11.5. The smallest absolute Gasteiger partial charge is 0.304 e. The van der Waals surface area contributed by atoms with Crippen molar-refractivity contribution in [2.24, 2.45) is 0 Å². The Kier molecular flexibility index (Phi) is 3.86. The fraction of sp³-hybridized carbons (Fsp3) is 0.118. The SMILES string of the molecule is O=C(O)C[C@@H](c1ccccc1F)c1c[nH]c2ccc(Cl)cc12. The lowest BCUT2D eigenvalue weighted by Gasteiger charge is -2.16. The van der Waals surface area contributed by atoms with Crippen molar-refractivity contribution in [3.05, 3.63) is 70.6 Å². The topological polar surface area (TPSA) is 53.1 Å². The maximum absolute atomic E-state index is 14.1. The molecule has 0 aliphatic heterocycles. The molecular formula is C17H13ClFNO2. The normalized spacial score (nSPS) is 12.5. The molecule has 0 unspecified atom stereocenters. The molecule has 1 heterocycles. The van der Waals surface area contributed by atoms with Crippen LogP contribution in [-0.2, 0) is 4.79 Å². The first-order chi connectivity index (χ1) is 10.6. The number of nitrogens with one attached hydrogen (secondary N) is 1. The number of aliphatic carboxylic acids is 1. The van der Waals surface area contributed by atoms with E-state index in [4.69, 9.17) is 11.6 Å². The second kappa shape index (κ2) is 5.81. The third-order valence-electron chi connectivity index (χ3n) is 3.71. The van der Waals surface area contributed by atoms with Crippen LogP contribution in [-0.4, -0.2) is 16.1 Å². The molecule has 0 fully saturated rings. The highest BCUT2D eigenvalue weighted by atomic mass is 35.5. The number of hydrogen-bond acceptors (Lipinski definition) is 1. The molecule has 1 atom stereocenters. The molecule has 0 radical (unpaired) electrons. The number of halogens is 2. The predicted octanol–water partition coefficient (Wildman–Crippen LogP) is 4.57. The molecule has 0 aliphatic carbocycles. The summed E-state index contributed by atoms with van der Waals surface area (Å²) in [6.45, 7) is 0. The number of H-pyrrole nitrogens is 1. The van der Waals surface area contributed by atoms with Crippen LogP contribution in [0.5, 0.6) is 0 Å². The molecular weight excluding hydrogens is 305 g/mol. The molecule has 112 valence electrons. The van der Waals surface area contributed by atoms with E-state index in [2.05, 4.69) is 4.98 Å². The minimum atomic E-state index is -0.982. The van der Waals surface area contributed by atoms with Crippen LogP contribution in [0.15, 0.2) is 48.7 Å². The Bertz CT molecular complexity index is 844. The van der Waals surface area contributed by atoms with Crippen molar-refractivity contribution in [2.45, 2.75) is 12.3 Å². The zero-order chi connectivity index (χ0) is 15.7. The molecule has 3 aromatic rings. The minimum absolute atomic E-state index is 0.194. The summed E-state index contributed by atoms with van der Waals surface area (Å²) in [6, 6.07) is 11.6. The average Bonchev–Trinajstić information content (AvgIpc) is 2.88. The van der Waals surface area contributed by atoms with E-state index in [-0.39, 0.29) is 6.42 Å². The van der Waals surface area contributed by atoms with Crippen molar-refractivity contribution >= 4 is 28.5 Å². The van der Waals surface area contributed by atoms with Crippen LogP contribution < -0.4 is 0 Å². The highest BCUT2D eigenvalue weighted by molar-refractivity contribution is 6.31. The molecule has 0 saturated carbocycles. The first-order valence-electron chi connectivity index (χ1n) is 6.79. The maximum atomic E-state index is 14.1. The fourth-order valence-corrected chi connectivity index (χ4v) is 2.89. The Morgan fingerprint density at radius 1 is 1.23 bits per heavy atom. The molecule has 0 bridgehead atoms. The van der Waals surface area contributed by atoms with Crippen LogP contribution in [0.4, 0.5) is 4.39 Å². The molecule has 2 N–H and O–H groups in total. The van der Waals surface area contributed by atoms with E-state index in [1.807, 2.05) is 6.07 Å². The van der Waals surface area contributed by atoms with Gasteiger partial charge in [-0.05, 0) is 35.4 Å². The van der Waals surface area contributed by atoms with Gasteiger partial charge in [-0.25, -0.2) is 4.39 Å². The van der Waals surface area contributed by atoms with Gasteiger partial charge in [0.1, 0.15) is 5.82 Å². The molecule has 1 aromatic heterocycles. The van der Waals surface area contributed by atoms with Gasteiger partial charge in [0.15, 0.2) is 0 Å². The lowest BCUT2D eigenvalue weighted by molar-refractivity contribution is -0.137. The number of carbonyl (C=O) groups is 1. The summed E-state index contributed by atoms with van der Waals surface area (Å²) in [5.41, 5.74) is 1.93. The van der Waals surface area contributed by atoms with Gasteiger partial charge in [0.25, 0.3) is 0 Å². The van der Waals surface area contributed by atoms with Gasteiger partial charge in [-0.15, -0.1) is 0 Å². The quantitative estimate of drug-likeness (QED) is 0.740. The number of fused-ring (bicyclic) bond motifs is 1. The third-order valence-corrected chi connectivity index (χ3v) is 3.95. The first-order valence-corrected chi connectivity index (χ1v) is 7.17. The lowest BCUT2D eigenvalue weighted by atomic mass is 9.88. The van der Waals surface area contributed by atoms with E-state index >= 15 is 0 Å². The average molecular weight is 318 g/mol. The van der Waals surface area contributed by atoms with Crippen molar-refractivity contribution in [3.8, 4) is 0 Å². The van der Waals surface area contributed by atoms with E-state index in [0.29, 0.717) is 10.6 Å². The Balaban J connectivity index is 2.18. The number of aromatic nitrogens is 1. The summed E-state index contributed by atoms with van der Waals surface area (Å²) in [5.74, 6) is -1.97. The summed E-state index contributed by atoms with van der Waals surface area (Å²) >= 11 is 6.03. The Hall–Kier alpha value is -2.33. The van der Waals surface area contributed by atoms with Gasteiger partial charge >= 0.3 is 5.97 Å². The van der Waals surface area contributed by atoms with Gasteiger partial charge in [0.05, 0.1) is 6.42 Å². The summed E-state index contributed by atoms with van der Waals surface area (Å²) < 4.78 is 14.1. The number of carboxylic acids is 1. The van der Waals surface area contributed by atoms with Gasteiger partial charge < -0.3 is 10.1 Å². The molecule has 0 amide bonds. The van der Waals surface area contributed by atoms with Gasteiger partial charge in [-0.2, -0.15) is 0 Å². The second-order valence-corrected chi connectivity index (χ2v) is 5.54. The number of benzene rings is 2. The molecule has 5 heteroatoms. The summed E-state index contributed by atoms with van der Waals surface area (Å²) in [5, 5.41) is 10.6. The maximum Gasteiger partial charge on any atom is 0.304 e. The molecule has 3 nitrogen and oxygen atoms in total. The van der Waals surface area contributed by atoms with E-state index in [1.54, 1.807) is 36.5 Å². The molecule has 3 rings (SSSR count). The molecule has 0 aliphatic rings. The van der Waals surface area contributed by atoms with Crippen LogP contribution in [0.2, 0.25) is 5.02 Å². The standard InChI is InChI=1S/C17H13ClFNO2/c18-10-5-6-16-13(7-10)14(9-20-16)12(8-17(21)22)11-3-1-2-4-15(11)19/h1-7,9,12,20H,8H2,(H,21,22)/t12-/m0/s1. The van der Waals surface area contributed by atoms with Crippen LogP contribution in [0, 0.1) is 5.82 Å². The monoisotopic (exact) mass is 317 g/mol. The van der Waals surface area contributed by atoms with E-state index in [0.717, 1.165) is 16.5 Å². The molecule has 2 aromatic carbocycles. The van der Waals surface area contributed by atoms with Crippen molar-refractivity contribution in [1.82, 2.24) is 4.98 Å². The van der Waals surface area contributed by atoms with Crippen molar-refractivity contribution < 1.29 is 14.3 Å². The van der Waals surface area contributed by atoms with Crippen molar-refractivity contribution in [2.75, 3.05) is 0 Å². The van der Waals surface area contributed by atoms with Gasteiger partial charge in [0.2, 0.25) is 0 Å². The van der Waals surface area contributed by atoms with Crippen LogP contribution in [0.1, 0.15) is 23.5 Å². The van der Waals surface area contributed by atoms with Crippen LogP contribution >= 0.6 is 11.6 Å². The zero-order valence-corrected chi connectivity index (χ0v) is 12.3. The van der Waals surface area contributed by atoms with E-state index < -0.39 is 17.7 Å². The minimum Gasteiger partial charge on any atom is -0.481 e. The number of carboxylic acid groups (broad SMARTS) is 1. The van der Waals surface area contributed by atoms with Gasteiger partial charge in [-0.3, -0.25) is 4.79 Å². The lowest BCUT2D eigenvalue weighted by Crippen LogP contribution is -2.09. The Labute approximate surface area is 131 Å². The largest absolute Gasteiger partial charge is 0.481 e. The first kappa shape index (κ1) is 14.6. The number of rotatable bonds is 4. The van der Waals surface area contributed by atoms with Gasteiger partial charge in [-0.1, -0.05) is 29.8 Å². The highest BCUT2D eigenvalue weighted by Gasteiger charge is 2.23. The predicted molar refractivity (Wildman–Crippen MR) is 83.8 cm³/mol. The summed E-state index contributed by atoms with van der Waals surface area (Å²) in [4.78, 5) is 14.3. The van der Waals surface area contributed by atoms with Crippen molar-refractivity contribution in [3.63, 3.8) is 0 Å². The Morgan fingerprint density at radius 3 is 2.73 bits per heavy atom. The van der Waals surface area contributed by atoms with Gasteiger partial charge in [0, 0.05) is 28.0 Å².